The van der Waals surface area contributed by atoms with Gasteiger partial charge in [0.05, 0.1) is 6.54 Å². The fraction of sp³-hybridized carbons (Fsp3) is 0.611. The van der Waals surface area contributed by atoms with Crippen molar-refractivity contribution in [2.24, 2.45) is 5.73 Å². The third-order valence-electron chi connectivity index (χ3n) is 5.01. The molecule has 2 aliphatic rings. The molecule has 2 unspecified atom stereocenters. The molecule has 0 aromatic heterocycles. The monoisotopic (exact) mass is 301 g/mol. The largest absolute Gasteiger partial charge is 0.360 e. The van der Waals surface area contributed by atoms with Gasteiger partial charge < -0.3 is 15.5 Å². The van der Waals surface area contributed by atoms with Crippen LogP contribution in [-0.2, 0) is 11.2 Å². The number of rotatable bonds is 3. The minimum Gasteiger partial charge on any atom is -0.360 e. The van der Waals surface area contributed by atoms with Gasteiger partial charge in [0.25, 0.3) is 0 Å². The Labute approximate surface area is 133 Å². The summed E-state index contributed by atoms with van der Waals surface area (Å²) in [6.45, 7) is 4.33. The number of anilines is 1. The zero-order valence-electron chi connectivity index (χ0n) is 13.5. The molecule has 0 bridgehead atoms. The number of para-hydroxylation sites is 1. The van der Waals surface area contributed by atoms with E-state index in [0.717, 1.165) is 38.8 Å². The molecule has 22 heavy (non-hydrogen) atoms. The van der Waals surface area contributed by atoms with E-state index in [0.29, 0.717) is 12.6 Å². The third kappa shape index (κ3) is 3.12. The molecule has 0 spiro atoms. The number of hydrogen-bond donors (Lipinski definition) is 1. The Morgan fingerprint density at radius 2 is 2.14 bits per heavy atom. The van der Waals surface area contributed by atoms with Gasteiger partial charge in [-0.2, -0.15) is 0 Å². The van der Waals surface area contributed by atoms with Gasteiger partial charge in [-0.25, -0.2) is 0 Å². The van der Waals surface area contributed by atoms with Gasteiger partial charge >= 0.3 is 0 Å². The average Bonchev–Trinajstić information content (AvgIpc) is 2.54. The highest BCUT2D eigenvalue weighted by atomic mass is 16.2. The van der Waals surface area contributed by atoms with E-state index in [-0.39, 0.29) is 11.9 Å². The fourth-order valence-corrected chi connectivity index (χ4v) is 3.88. The van der Waals surface area contributed by atoms with Gasteiger partial charge in [-0.3, -0.25) is 4.79 Å². The highest BCUT2D eigenvalue weighted by molar-refractivity contribution is 5.82. The molecule has 2 aliphatic heterocycles. The molecular formula is C18H27N3O. The van der Waals surface area contributed by atoms with Crippen molar-refractivity contribution >= 4 is 11.6 Å². The molecule has 3 rings (SSSR count). The molecule has 2 N–H and O–H groups in total. The predicted molar refractivity (Wildman–Crippen MR) is 90.0 cm³/mol. The molecule has 1 saturated heterocycles. The molecule has 1 fully saturated rings. The van der Waals surface area contributed by atoms with E-state index >= 15 is 0 Å². The van der Waals surface area contributed by atoms with Crippen LogP contribution in [0, 0.1) is 0 Å². The summed E-state index contributed by atoms with van der Waals surface area (Å²) in [6.07, 6.45) is 5.50. The van der Waals surface area contributed by atoms with Crippen molar-refractivity contribution in [3.8, 4) is 0 Å². The zero-order chi connectivity index (χ0) is 15.5. The quantitative estimate of drug-likeness (QED) is 0.931. The maximum atomic E-state index is 12.8. The third-order valence-corrected chi connectivity index (χ3v) is 5.01. The van der Waals surface area contributed by atoms with Crippen LogP contribution in [0.5, 0.6) is 0 Å². The van der Waals surface area contributed by atoms with Crippen molar-refractivity contribution in [3.05, 3.63) is 29.8 Å². The van der Waals surface area contributed by atoms with Crippen LogP contribution < -0.4 is 10.6 Å². The first-order valence-corrected chi connectivity index (χ1v) is 8.57. The van der Waals surface area contributed by atoms with Crippen molar-refractivity contribution in [1.82, 2.24) is 4.90 Å². The number of carbonyl (C=O) groups is 1. The minimum atomic E-state index is 0.117. The van der Waals surface area contributed by atoms with Gasteiger partial charge in [-0.15, -0.1) is 0 Å². The molecule has 1 aromatic rings. The number of carbonyl (C=O) groups excluding carboxylic acids is 1. The maximum Gasteiger partial charge on any atom is 0.242 e. The summed E-state index contributed by atoms with van der Waals surface area (Å²) >= 11 is 0. The summed E-state index contributed by atoms with van der Waals surface area (Å²) in [5, 5.41) is 0. The standard InChI is InChI=1S/C18H27N3O/c1-2-16-8-5-6-10-21(16)18(22)13-20-12-15(19)11-14-7-3-4-9-17(14)20/h3-4,7,9,15-16H,2,5-6,8,10-13,19H2,1H3. The fourth-order valence-electron chi connectivity index (χ4n) is 3.88. The van der Waals surface area contributed by atoms with Gasteiger partial charge in [0.2, 0.25) is 5.91 Å². The van der Waals surface area contributed by atoms with Crippen molar-refractivity contribution in [2.75, 3.05) is 24.5 Å². The summed E-state index contributed by atoms with van der Waals surface area (Å²) in [7, 11) is 0. The number of nitrogens with two attached hydrogens (primary N) is 1. The Balaban J connectivity index is 1.73. The SMILES string of the molecule is CCC1CCCCN1C(=O)CN1CC(N)Cc2ccccc21. The van der Waals surface area contributed by atoms with Crippen molar-refractivity contribution in [3.63, 3.8) is 0 Å². The highest BCUT2D eigenvalue weighted by Crippen LogP contribution is 2.27. The average molecular weight is 301 g/mol. The number of hydrogen-bond acceptors (Lipinski definition) is 3. The summed E-state index contributed by atoms with van der Waals surface area (Å²) in [6, 6.07) is 8.88. The van der Waals surface area contributed by atoms with Crippen LogP contribution in [0.25, 0.3) is 0 Å². The molecule has 2 heterocycles. The maximum absolute atomic E-state index is 12.8. The lowest BCUT2D eigenvalue weighted by Gasteiger charge is -2.39. The van der Waals surface area contributed by atoms with Crippen LogP contribution in [0.15, 0.2) is 24.3 Å². The normalized spacial score (nSPS) is 25.0. The lowest BCUT2D eigenvalue weighted by molar-refractivity contribution is -0.133. The second-order valence-electron chi connectivity index (χ2n) is 6.62. The number of fused-ring (bicyclic) bond motifs is 1. The Hall–Kier alpha value is -1.55. The summed E-state index contributed by atoms with van der Waals surface area (Å²) in [4.78, 5) is 17.1. The topological polar surface area (TPSA) is 49.6 Å². The van der Waals surface area contributed by atoms with E-state index in [2.05, 4.69) is 34.9 Å². The van der Waals surface area contributed by atoms with Crippen molar-refractivity contribution in [1.29, 1.82) is 0 Å². The van der Waals surface area contributed by atoms with Gasteiger partial charge in [0, 0.05) is 30.9 Å². The van der Waals surface area contributed by atoms with Crippen LogP contribution >= 0.6 is 0 Å². The molecule has 2 atom stereocenters. The van der Waals surface area contributed by atoms with Crippen LogP contribution in [0.1, 0.15) is 38.2 Å². The first-order chi connectivity index (χ1) is 10.7. The van der Waals surface area contributed by atoms with E-state index in [1.807, 2.05) is 6.07 Å². The Morgan fingerprint density at radius 3 is 2.95 bits per heavy atom. The first-order valence-electron chi connectivity index (χ1n) is 8.57. The van der Waals surface area contributed by atoms with Crippen molar-refractivity contribution in [2.45, 2.75) is 51.1 Å². The smallest absolute Gasteiger partial charge is 0.242 e. The second-order valence-corrected chi connectivity index (χ2v) is 6.62. The zero-order valence-corrected chi connectivity index (χ0v) is 13.5. The van der Waals surface area contributed by atoms with Crippen LogP contribution in [0.4, 0.5) is 5.69 Å². The van der Waals surface area contributed by atoms with Gasteiger partial charge in [0.1, 0.15) is 0 Å². The lowest BCUT2D eigenvalue weighted by atomic mass is 9.97. The number of nitrogens with zero attached hydrogens (tertiary/aromatic N) is 2. The lowest BCUT2D eigenvalue weighted by Crippen LogP contribution is -2.51. The molecular weight excluding hydrogens is 274 g/mol. The summed E-state index contributed by atoms with van der Waals surface area (Å²) in [5.74, 6) is 0.260. The molecule has 0 saturated carbocycles. The van der Waals surface area contributed by atoms with Gasteiger partial charge in [-0.1, -0.05) is 25.1 Å². The predicted octanol–water partition coefficient (Wildman–Crippen LogP) is 2.17. The molecule has 4 nitrogen and oxygen atoms in total. The number of piperidine rings is 1. The van der Waals surface area contributed by atoms with E-state index in [9.17, 15) is 4.79 Å². The Kier molecular flexibility index (Phi) is 4.67. The number of amides is 1. The minimum absolute atomic E-state index is 0.117. The Bertz CT molecular complexity index is 531. The molecule has 4 heteroatoms. The van der Waals surface area contributed by atoms with E-state index in [4.69, 9.17) is 5.73 Å². The number of benzene rings is 1. The molecule has 0 aliphatic carbocycles. The van der Waals surface area contributed by atoms with Crippen LogP contribution in [-0.4, -0.2) is 42.5 Å². The Morgan fingerprint density at radius 1 is 1.32 bits per heavy atom. The van der Waals surface area contributed by atoms with E-state index in [1.165, 1.54) is 17.7 Å². The summed E-state index contributed by atoms with van der Waals surface area (Å²) in [5.41, 5.74) is 8.63. The second kappa shape index (κ2) is 6.69. The molecule has 0 radical (unpaired) electrons. The molecule has 1 aromatic carbocycles. The van der Waals surface area contributed by atoms with Crippen LogP contribution in [0.3, 0.4) is 0 Å². The van der Waals surface area contributed by atoms with E-state index in [1.54, 1.807) is 0 Å². The number of likely N-dealkylation sites (tertiary alicyclic amines) is 1. The molecule has 120 valence electrons. The highest BCUT2D eigenvalue weighted by Gasteiger charge is 2.29. The van der Waals surface area contributed by atoms with Gasteiger partial charge in [0.15, 0.2) is 0 Å². The summed E-state index contributed by atoms with van der Waals surface area (Å²) < 4.78 is 0. The van der Waals surface area contributed by atoms with Crippen LogP contribution in [0.2, 0.25) is 0 Å². The van der Waals surface area contributed by atoms with Gasteiger partial charge in [-0.05, 0) is 43.7 Å². The molecule has 1 amide bonds. The first kappa shape index (κ1) is 15.3. The van der Waals surface area contributed by atoms with E-state index < -0.39 is 0 Å². The van der Waals surface area contributed by atoms with Crippen molar-refractivity contribution < 1.29 is 4.79 Å².